The van der Waals surface area contributed by atoms with E-state index in [1.807, 2.05) is 40.3 Å². The zero-order valence-electron chi connectivity index (χ0n) is 13.9. The Morgan fingerprint density at radius 1 is 1.39 bits per heavy atom. The molecule has 7 heteroatoms. The molecule has 0 aliphatic carbocycles. The van der Waals surface area contributed by atoms with Crippen molar-refractivity contribution in [3.8, 4) is 5.75 Å². The first kappa shape index (κ1) is 17.0. The Labute approximate surface area is 135 Å². The Kier molecular flexibility index (Phi) is 5.33. The topological polar surface area (TPSA) is 73.4 Å². The van der Waals surface area contributed by atoms with E-state index in [4.69, 9.17) is 4.74 Å². The lowest BCUT2D eigenvalue weighted by molar-refractivity contribution is -0.385. The summed E-state index contributed by atoms with van der Waals surface area (Å²) in [7, 11) is 3.84. The maximum Gasteiger partial charge on any atom is 0.270 e. The third-order valence-corrected chi connectivity index (χ3v) is 3.27. The lowest BCUT2D eigenvalue weighted by Gasteiger charge is -2.19. The van der Waals surface area contributed by atoms with Crippen LogP contribution in [0, 0.1) is 10.1 Å². The average Bonchev–Trinajstić information content (AvgIpc) is 2.85. The highest BCUT2D eigenvalue weighted by Crippen LogP contribution is 2.26. The smallest absolute Gasteiger partial charge is 0.270 e. The second kappa shape index (κ2) is 7.23. The minimum Gasteiger partial charge on any atom is -0.491 e. The maximum absolute atomic E-state index is 11.0. The van der Waals surface area contributed by atoms with Gasteiger partial charge in [0.25, 0.3) is 5.69 Å². The highest BCUT2D eigenvalue weighted by Gasteiger charge is 2.15. The maximum atomic E-state index is 11.0. The first-order valence-corrected chi connectivity index (χ1v) is 7.45. The number of nitro benzene ring substituents is 1. The molecule has 2 aromatic rings. The molecule has 1 heterocycles. The predicted molar refractivity (Wildman–Crippen MR) is 87.2 cm³/mol. The molecule has 0 unspecified atom stereocenters. The number of rotatable bonds is 7. The van der Waals surface area contributed by atoms with Gasteiger partial charge in [-0.15, -0.1) is 0 Å². The Morgan fingerprint density at radius 2 is 2.13 bits per heavy atom. The van der Waals surface area contributed by atoms with Gasteiger partial charge in [0.05, 0.1) is 17.2 Å². The lowest BCUT2D eigenvalue weighted by Crippen LogP contribution is -2.18. The largest absolute Gasteiger partial charge is 0.491 e. The Bertz CT molecular complexity index is 682. The summed E-state index contributed by atoms with van der Waals surface area (Å²) in [5.74, 6) is 0.684. The van der Waals surface area contributed by atoms with Gasteiger partial charge in [0.2, 0.25) is 0 Å². The normalized spacial score (nSPS) is 11.2. The molecule has 124 valence electrons. The van der Waals surface area contributed by atoms with Gasteiger partial charge in [-0.25, -0.2) is 0 Å². The molecule has 0 fully saturated rings. The van der Waals surface area contributed by atoms with E-state index in [0.29, 0.717) is 18.8 Å². The van der Waals surface area contributed by atoms with Crippen molar-refractivity contribution in [2.45, 2.75) is 33.0 Å². The molecule has 23 heavy (non-hydrogen) atoms. The van der Waals surface area contributed by atoms with E-state index in [1.165, 1.54) is 6.07 Å². The molecule has 0 spiro atoms. The van der Waals surface area contributed by atoms with Crippen LogP contribution >= 0.6 is 0 Å². The van der Waals surface area contributed by atoms with Crippen LogP contribution < -0.4 is 4.74 Å². The second-order valence-corrected chi connectivity index (χ2v) is 5.91. The molecule has 0 aliphatic heterocycles. The van der Waals surface area contributed by atoms with Crippen molar-refractivity contribution in [2.24, 2.45) is 7.05 Å². The Balaban J connectivity index is 2.17. The molecular weight excluding hydrogens is 296 g/mol. The van der Waals surface area contributed by atoms with E-state index in [1.54, 1.807) is 16.8 Å². The van der Waals surface area contributed by atoms with Crippen LogP contribution in [0.25, 0.3) is 0 Å². The summed E-state index contributed by atoms with van der Waals surface area (Å²) in [6.45, 7) is 5.13. The fourth-order valence-corrected chi connectivity index (χ4v) is 2.38. The van der Waals surface area contributed by atoms with Gasteiger partial charge in [0, 0.05) is 49.6 Å². The van der Waals surface area contributed by atoms with E-state index in [9.17, 15) is 10.1 Å². The molecule has 1 aromatic heterocycles. The quantitative estimate of drug-likeness (QED) is 0.580. The first-order valence-electron chi connectivity index (χ1n) is 7.45. The van der Waals surface area contributed by atoms with Crippen molar-refractivity contribution in [2.75, 3.05) is 7.05 Å². The van der Waals surface area contributed by atoms with Crippen LogP contribution in [0.2, 0.25) is 0 Å². The number of aryl methyl sites for hydroxylation is 1. The molecule has 0 N–H and O–H groups in total. The third-order valence-electron chi connectivity index (χ3n) is 3.27. The number of non-ortho nitro benzene ring substituents is 1. The van der Waals surface area contributed by atoms with Gasteiger partial charge in [0.15, 0.2) is 0 Å². The molecule has 0 saturated carbocycles. The third kappa shape index (κ3) is 4.79. The Morgan fingerprint density at radius 3 is 2.70 bits per heavy atom. The van der Waals surface area contributed by atoms with Crippen molar-refractivity contribution < 1.29 is 9.66 Å². The van der Waals surface area contributed by atoms with Gasteiger partial charge in [0.1, 0.15) is 5.75 Å². The molecule has 0 aliphatic rings. The van der Waals surface area contributed by atoms with Crippen LogP contribution in [0.15, 0.2) is 30.6 Å². The fourth-order valence-electron chi connectivity index (χ4n) is 2.38. The highest BCUT2D eigenvalue weighted by atomic mass is 16.6. The fraction of sp³-hybridized carbons (Fsp3) is 0.438. The first-order chi connectivity index (χ1) is 10.8. The van der Waals surface area contributed by atoms with Gasteiger partial charge in [-0.3, -0.25) is 19.7 Å². The zero-order chi connectivity index (χ0) is 17.0. The van der Waals surface area contributed by atoms with Gasteiger partial charge >= 0.3 is 0 Å². The van der Waals surface area contributed by atoms with Crippen molar-refractivity contribution >= 4 is 5.69 Å². The SMILES string of the molecule is CC(C)Oc1ccc([N+](=O)[O-])cc1CN(C)Cc1cnn(C)c1. The minimum absolute atomic E-state index is 0.0128. The molecular formula is C16H22N4O3. The van der Waals surface area contributed by atoms with Crippen LogP contribution in [-0.2, 0) is 20.1 Å². The van der Waals surface area contributed by atoms with Crippen LogP contribution in [0.3, 0.4) is 0 Å². The number of hydrogen-bond donors (Lipinski definition) is 0. The molecule has 2 rings (SSSR count). The highest BCUT2D eigenvalue weighted by molar-refractivity contribution is 5.44. The second-order valence-electron chi connectivity index (χ2n) is 5.91. The molecule has 1 aromatic carbocycles. The van der Waals surface area contributed by atoms with Crippen molar-refractivity contribution in [3.05, 3.63) is 51.8 Å². The Hall–Kier alpha value is -2.41. The van der Waals surface area contributed by atoms with Crippen LogP contribution in [0.1, 0.15) is 25.0 Å². The van der Waals surface area contributed by atoms with E-state index in [2.05, 4.69) is 10.00 Å². The molecule has 0 atom stereocenters. The van der Waals surface area contributed by atoms with E-state index >= 15 is 0 Å². The van der Waals surface area contributed by atoms with Gasteiger partial charge < -0.3 is 4.74 Å². The summed E-state index contributed by atoms with van der Waals surface area (Å²) < 4.78 is 7.52. The van der Waals surface area contributed by atoms with E-state index in [-0.39, 0.29) is 16.7 Å². The number of benzene rings is 1. The molecule has 0 bridgehead atoms. The number of ether oxygens (including phenoxy) is 1. The minimum atomic E-state index is -0.385. The van der Waals surface area contributed by atoms with Crippen molar-refractivity contribution in [3.63, 3.8) is 0 Å². The summed E-state index contributed by atoms with van der Waals surface area (Å²) >= 11 is 0. The molecule has 0 amide bonds. The van der Waals surface area contributed by atoms with Gasteiger partial charge in [-0.2, -0.15) is 5.10 Å². The lowest BCUT2D eigenvalue weighted by atomic mass is 10.1. The standard InChI is InChI=1S/C16H22N4O3/c1-12(2)23-16-6-5-15(20(21)22)7-14(16)11-18(3)9-13-8-17-19(4)10-13/h5-8,10,12H,9,11H2,1-4H3. The monoisotopic (exact) mass is 318 g/mol. The number of nitrogens with zero attached hydrogens (tertiary/aromatic N) is 4. The van der Waals surface area contributed by atoms with Crippen LogP contribution in [0.4, 0.5) is 5.69 Å². The van der Waals surface area contributed by atoms with Crippen LogP contribution in [0.5, 0.6) is 5.75 Å². The van der Waals surface area contributed by atoms with Crippen LogP contribution in [-0.4, -0.2) is 32.8 Å². The zero-order valence-corrected chi connectivity index (χ0v) is 13.9. The van der Waals surface area contributed by atoms with Crippen molar-refractivity contribution in [1.82, 2.24) is 14.7 Å². The van der Waals surface area contributed by atoms with Crippen molar-refractivity contribution in [1.29, 1.82) is 0 Å². The predicted octanol–water partition coefficient (Wildman–Crippen LogP) is 2.75. The average molecular weight is 318 g/mol. The molecule has 0 radical (unpaired) electrons. The number of hydrogen-bond acceptors (Lipinski definition) is 5. The summed E-state index contributed by atoms with van der Waals surface area (Å²) in [5, 5.41) is 15.2. The number of nitro groups is 1. The summed E-state index contributed by atoms with van der Waals surface area (Å²) in [4.78, 5) is 12.7. The van der Waals surface area contributed by atoms with E-state index < -0.39 is 0 Å². The van der Waals surface area contributed by atoms with Gasteiger partial charge in [-0.1, -0.05) is 0 Å². The molecule has 7 nitrogen and oxygen atoms in total. The van der Waals surface area contributed by atoms with Gasteiger partial charge in [-0.05, 0) is 27.0 Å². The molecule has 0 saturated heterocycles. The summed E-state index contributed by atoms with van der Waals surface area (Å²) in [5.41, 5.74) is 1.97. The van der Waals surface area contributed by atoms with E-state index in [0.717, 1.165) is 11.1 Å². The summed E-state index contributed by atoms with van der Waals surface area (Å²) in [6.07, 6.45) is 3.78. The number of aromatic nitrogens is 2. The summed E-state index contributed by atoms with van der Waals surface area (Å²) in [6, 6.07) is 4.73.